The van der Waals surface area contributed by atoms with Gasteiger partial charge < -0.3 is 19.5 Å². The van der Waals surface area contributed by atoms with Crippen molar-refractivity contribution in [1.82, 2.24) is 4.98 Å². The molecule has 0 spiro atoms. The lowest BCUT2D eigenvalue weighted by molar-refractivity contribution is -0.126. The first-order chi connectivity index (χ1) is 14.7. The summed E-state index contributed by atoms with van der Waals surface area (Å²) >= 11 is 0. The van der Waals surface area contributed by atoms with Crippen molar-refractivity contribution in [2.24, 2.45) is 0 Å². The molecule has 0 radical (unpaired) electrons. The smallest absolute Gasteiger partial charge is 0.387 e. The summed E-state index contributed by atoms with van der Waals surface area (Å²) in [6, 6.07) is 5.90. The van der Waals surface area contributed by atoms with Crippen LogP contribution in [0.4, 0.5) is 23.2 Å². The van der Waals surface area contributed by atoms with Crippen molar-refractivity contribution >= 4 is 17.6 Å². The van der Waals surface area contributed by atoms with Gasteiger partial charge in [-0.2, -0.15) is 13.2 Å². The van der Waals surface area contributed by atoms with Crippen LogP contribution in [0.3, 0.4) is 0 Å². The number of pyridine rings is 1. The van der Waals surface area contributed by atoms with Crippen molar-refractivity contribution in [2.45, 2.75) is 38.6 Å². The molecule has 11 heteroatoms. The molecule has 0 saturated carbocycles. The second kappa shape index (κ2) is 11.3. The summed E-state index contributed by atoms with van der Waals surface area (Å²) < 4.78 is 61.6. The van der Waals surface area contributed by atoms with Gasteiger partial charge in [0.05, 0.1) is 13.2 Å². The van der Waals surface area contributed by atoms with Gasteiger partial charge in [0.2, 0.25) is 5.82 Å². The van der Waals surface area contributed by atoms with Crippen molar-refractivity contribution in [3.05, 3.63) is 53.9 Å². The molecule has 7 nitrogen and oxygen atoms in total. The third kappa shape index (κ3) is 7.21. The summed E-state index contributed by atoms with van der Waals surface area (Å²) in [5.74, 6) is -4.15. The van der Waals surface area contributed by atoms with Crippen LogP contribution in [0.5, 0.6) is 5.75 Å². The minimum atomic E-state index is -3.15. The summed E-state index contributed by atoms with van der Waals surface area (Å²) in [5, 5.41) is 2.71. The zero-order valence-corrected chi connectivity index (χ0v) is 16.6. The lowest BCUT2D eigenvalue weighted by atomic mass is 10.2. The minimum absolute atomic E-state index is 0.110. The Hall–Kier alpha value is -3.21. The number of anilines is 1. The van der Waals surface area contributed by atoms with Crippen molar-refractivity contribution in [1.29, 1.82) is 0 Å². The fourth-order valence-corrected chi connectivity index (χ4v) is 2.61. The van der Waals surface area contributed by atoms with Gasteiger partial charge in [-0.3, -0.25) is 4.79 Å². The highest BCUT2D eigenvalue weighted by Gasteiger charge is 2.28. The second-order valence-corrected chi connectivity index (χ2v) is 6.35. The number of nitrogens with one attached hydrogen (secondary N) is 1. The van der Waals surface area contributed by atoms with Gasteiger partial charge in [-0.05, 0) is 44.0 Å². The van der Waals surface area contributed by atoms with E-state index in [9.17, 15) is 27.2 Å². The van der Waals surface area contributed by atoms with E-state index in [1.54, 1.807) is 6.07 Å². The third-order valence-corrected chi connectivity index (χ3v) is 4.08. The van der Waals surface area contributed by atoms with Crippen molar-refractivity contribution in [2.75, 3.05) is 12.4 Å². The maximum atomic E-state index is 12.5. The van der Waals surface area contributed by atoms with E-state index in [0.717, 1.165) is 24.6 Å². The number of benzene rings is 1. The molecular formula is C20H20F4N2O5. The predicted molar refractivity (Wildman–Crippen MR) is 101 cm³/mol. The number of hydrogen-bond donors (Lipinski definition) is 1. The van der Waals surface area contributed by atoms with Gasteiger partial charge in [-0.15, -0.1) is 0 Å². The summed E-state index contributed by atoms with van der Waals surface area (Å²) in [4.78, 5) is 27.1. The largest absolute Gasteiger partial charge is 0.464 e. The van der Waals surface area contributed by atoms with Crippen LogP contribution < -0.4 is 10.1 Å². The van der Waals surface area contributed by atoms with Crippen LogP contribution in [-0.2, 0) is 14.3 Å². The molecule has 1 fully saturated rings. The minimum Gasteiger partial charge on any atom is -0.464 e. The zero-order valence-electron chi connectivity index (χ0n) is 16.6. The number of alkyl halides is 2. The molecule has 1 aliphatic rings. The van der Waals surface area contributed by atoms with Crippen LogP contribution in [0.25, 0.3) is 0 Å². The Morgan fingerprint density at radius 3 is 2.58 bits per heavy atom. The van der Waals surface area contributed by atoms with Crippen LogP contribution in [0.2, 0.25) is 0 Å². The Labute approximate surface area is 175 Å². The number of carbonyl (C=O) groups excluding carboxylic acids is 2. The molecule has 1 aromatic carbocycles. The molecule has 1 amide bonds. The highest BCUT2D eigenvalue weighted by Crippen LogP contribution is 2.21. The number of hydrogen-bond acceptors (Lipinski definition) is 6. The molecule has 0 aliphatic carbocycles. The maximum Gasteiger partial charge on any atom is 0.387 e. The van der Waals surface area contributed by atoms with Crippen LogP contribution in [-0.4, -0.2) is 42.8 Å². The SMILES string of the molecule is COC(=O)c1cc(NC(=O)C2CCC(C)O2)ccn1.Fc1cccc(OC(F)F)c1F. The van der Waals surface area contributed by atoms with E-state index < -0.39 is 36.1 Å². The number of methoxy groups -OCH3 is 1. The molecule has 31 heavy (non-hydrogen) atoms. The van der Waals surface area contributed by atoms with Crippen LogP contribution in [0.1, 0.15) is 30.3 Å². The summed E-state index contributed by atoms with van der Waals surface area (Å²) in [5.41, 5.74) is 0.657. The molecule has 0 bridgehead atoms. The molecule has 2 heterocycles. The number of carbonyl (C=O) groups is 2. The van der Waals surface area contributed by atoms with E-state index in [4.69, 9.17) is 4.74 Å². The van der Waals surface area contributed by atoms with Crippen LogP contribution in [0, 0.1) is 11.6 Å². The summed E-state index contributed by atoms with van der Waals surface area (Å²) in [6.45, 7) is -1.21. The third-order valence-electron chi connectivity index (χ3n) is 4.08. The average molecular weight is 444 g/mol. The highest BCUT2D eigenvalue weighted by molar-refractivity contribution is 5.95. The first-order valence-electron chi connectivity index (χ1n) is 9.10. The predicted octanol–water partition coefficient (Wildman–Crippen LogP) is 3.94. The van der Waals surface area contributed by atoms with Gasteiger partial charge in [-0.25, -0.2) is 14.2 Å². The van der Waals surface area contributed by atoms with Gasteiger partial charge in [0.25, 0.3) is 5.91 Å². The summed E-state index contributed by atoms with van der Waals surface area (Å²) in [6.07, 6.45) is 2.72. The highest BCUT2D eigenvalue weighted by atomic mass is 19.3. The van der Waals surface area contributed by atoms with Crippen molar-refractivity contribution in [3.8, 4) is 5.75 Å². The number of nitrogens with zero attached hydrogens (tertiary/aromatic N) is 1. The molecule has 1 N–H and O–H groups in total. The van der Waals surface area contributed by atoms with E-state index >= 15 is 0 Å². The summed E-state index contributed by atoms with van der Waals surface area (Å²) in [7, 11) is 1.28. The Morgan fingerprint density at radius 2 is 1.97 bits per heavy atom. The lowest BCUT2D eigenvalue weighted by Gasteiger charge is -2.11. The Bertz CT molecular complexity index is 913. The van der Waals surface area contributed by atoms with Gasteiger partial charge in [0.15, 0.2) is 11.6 Å². The first kappa shape index (κ1) is 24.1. The molecular weight excluding hydrogens is 424 g/mol. The molecule has 3 rings (SSSR count). The van der Waals surface area contributed by atoms with Gasteiger partial charge in [-0.1, -0.05) is 6.07 Å². The van der Waals surface area contributed by atoms with Gasteiger partial charge >= 0.3 is 12.6 Å². The molecule has 2 atom stereocenters. The fourth-order valence-electron chi connectivity index (χ4n) is 2.61. The van der Waals surface area contributed by atoms with E-state index in [-0.39, 0.29) is 17.7 Å². The number of halogens is 4. The molecule has 1 aliphatic heterocycles. The van der Waals surface area contributed by atoms with E-state index in [2.05, 4.69) is 19.8 Å². The van der Waals surface area contributed by atoms with Crippen molar-refractivity contribution < 1.29 is 41.4 Å². The fraction of sp³-hybridized carbons (Fsp3) is 0.350. The lowest BCUT2D eigenvalue weighted by Crippen LogP contribution is -2.27. The van der Waals surface area contributed by atoms with Crippen molar-refractivity contribution in [3.63, 3.8) is 0 Å². The first-order valence-corrected chi connectivity index (χ1v) is 9.10. The number of aromatic nitrogens is 1. The van der Waals surface area contributed by atoms with E-state index in [0.29, 0.717) is 12.1 Å². The van der Waals surface area contributed by atoms with Gasteiger partial charge in [0, 0.05) is 11.9 Å². The molecule has 2 aromatic rings. The number of amides is 1. The Balaban J connectivity index is 0.000000245. The monoisotopic (exact) mass is 444 g/mol. The van der Waals surface area contributed by atoms with Crippen LogP contribution >= 0.6 is 0 Å². The maximum absolute atomic E-state index is 12.5. The Kier molecular flexibility index (Phi) is 8.74. The average Bonchev–Trinajstić information content (AvgIpc) is 3.18. The van der Waals surface area contributed by atoms with Crippen LogP contribution in [0.15, 0.2) is 36.5 Å². The Morgan fingerprint density at radius 1 is 1.23 bits per heavy atom. The topological polar surface area (TPSA) is 86.8 Å². The quantitative estimate of drug-likeness (QED) is 0.555. The normalized spacial score (nSPS) is 17.5. The second-order valence-electron chi connectivity index (χ2n) is 6.35. The number of esters is 1. The molecule has 168 valence electrons. The van der Waals surface area contributed by atoms with E-state index in [1.807, 2.05) is 6.92 Å². The molecule has 1 aromatic heterocycles. The standard InChI is InChI=1S/C13H16N2O4.C7H4F4O/c1-8-3-4-11(19-8)12(16)15-9-5-6-14-10(7-9)13(17)18-2;8-4-2-1-3-5(6(4)9)12-7(10)11/h5-8,11H,3-4H2,1-2H3,(H,14,15,16);1-3,7H. The zero-order chi connectivity index (χ0) is 23.0. The molecule has 2 unspecified atom stereocenters. The number of rotatable bonds is 5. The van der Waals surface area contributed by atoms with Gasteiger partial charge in [0.1, 0.15) is 11.8 Å². The molecule has 1 saturated heterocycles. The van der Waals surface area contributed by atoms with E-state index in [1.165, 1.54) is 19.4 Å². The number of ether oxygens (including phenoxy) is 3.